The minimum atomic E-state index is -0.660. The van der Waals surface area contributed by atoms with Crippen LogP contribution in [-0.4, -0.2) is 9.91 Å². The molecule has 0 aliphatic rings. The Kier molecular flexibility index (Phi) is 4.49. The first-order valence-electron chi connectivity index (χ1n) is 5.89. The Hall–Kier alpha value is -2.06. The van der Waals surface area contributed by atoms with Crippen LogP contribution in [0.25, 0.3) is 0 Å². The molecule has 0 fully saturated rings. The normalized spacial score (nSPS) is 10.5. The highest BCUT2D eigenvalue weighted by Gasteiger charge is 2.20. The van der Waals surface area contributed by atoms with Crippen LogP contribution in [-0.2, 0) is 6.54 Å². The second-order valence-corrected chi connectivity index (χ2v) is 5.12. The van der Waals surface area contributed by atoms with Gasteiger partial charge in [-0.25, -0.2) is 9.37 Å². The summed E-state index contributed by atoms with van der Waals surface area (Å²) in [5.41, 5.74) is 6.59. The summed E-state index contributed by atoms with van der Waals surface area (Å²) in [6.07, 6.45) is 1.50. The monoisotopic (exact) mass is 355 g/mol. The highest BCUT2D eigenvalue weighted by molar-refractivity contribution is 9.10. The van der Waals surface area contributed by atoms with E-state index in [1.165, 1.54) is 6.20 Å². The Morgan fingerprint density at radius 2 is 2.19 bits per heavy atom. The van der Waals surface area contributed by atoms with Crippen molar-refractivity contribution < 1.29 is 14.1 Å². The molecule has 8 heteroatoms. The zero-order chi connectivity index (χ0) is 15.6. The quantitative estimate of drug-likeness (QED) is 0.669. The van der Waals surface area contributed by atoms with Crippen molar-refractivity contribution >= 4 is 21.6 Å². The average molecular weight is 356 g/mol. The topological polar surface area (TPSA) is 91.3 Å². The van der Waals surface area contributed by atoms with Crippen molar-refractivity contribution in [2.45, 2.75) is 13.5 Å². The third-order valence-electron chi connectivity index (χ3n) is 2.73. The number of nitrogens with two attached hydrogens (primary N) is 1. The van der Waals surface area contributed by atoms with E-state index in [4.69, 9.17) is 10.5 Å². The van der Waals surface area contributed by atoms with Gasteiger partial charge in [0.1, 0.15) is 5.82 Å². The van der Waals surface area contributed by atoms with Crippen molar-refractivity contribution in [1.82, 2.24) is 4.98 Å². The molecule has 0 bridgehead atoms. The summed E-state index contributed by atoms with van der Waals surface area (Å²) >= 11 is 2.90. The van der Waals surface area contributed by atoms with Gasteiger partial charge >= 0.3 is 5.69 Å². The maximum atomic E-state index is 13.6. The molecule has 0 amide bonds. The van der Waals surface area contributed by atoms with Crippen molar-refractivity contribution in [3.63, 3.8) is 0 Å². The highest BCUT2D eigenvalue weighted by Crippen LogP contribution is 2.35. The van der Waals surface area contributed by atoms with Gasteiger partial charge in [-0.2, -0.15) is 0 Å². The lowest BCUT2D eigenvalue weighted by Gasteiger charge is -2.09. The van der Waals surface area contributed by atoms with Crippen LogP contribution in [0, 0.1) is 22.9 Å². The molecule has 0 unspecified atom stereocenters. The third-order valence-corrected chi connectivity index (χ3v) is 3.34. The van der Waals surface area contributed by atoms with Gasteiger partial charge in [-0.15, -0.1) is 0 Å². The minimum Gasteiger partial charge on any atom is -0.431 e. The standard InChI is InChI=1S/C13H11BrFN3O3/c1-7-2-8(5-16)6-17-13(7)21-12-4-10(15)9(14)3-11(12)18(19)20/h2-4,6H,5,16H2,1H3. The highest BCUT2D eigenvalue weighted by atomic mass is 79.9. The number of hydrogen-bond acceptors (Lipinski definition) is 5. The number of pyridine rings is 1. The Labute approximate surface area is 128 Å². The van der Waals surface area contributed by atoms with Crippen LogP contribution in [0.5, 0.6) is 11.6 Å². The van der Waals surface area contributed by atoms with Crippen LogP contribution in [0.1, 0.15) is 11.1 Å². The van der Waals surface area contributed by atoms with Crippen molar-refractivity contribution in [3.8, 4) is 11.6 Å². The maximum Gasteiger partial charge on any atom is 0.312 e. The number of nitro groups is 1. The Morgan fingerprint density at radius 1 is 1.48 bits per heavy atom. The number of ether oxygens (including phenoxy) is 1. The Balaban J connectivity index is 2.43. The van der Waals surface area contributed by atoms with Crippen LogP contribution in [0.4, 0.5) is 10.1 Å². The van der Waals surface area contributed by atoms with E-state index in [0.29, 0.717) is 12.1 Å². The smallest absolute Gasteiger partial charge is 0.312 e. The third kappa shape index (κ3) is 3.34. The van der Waals surface area contributed by atoms with E-state index < -0.39 is 10.7 Å². The van der Waals surface area contributed by atoms with E-state index in [1.807, 2.05) is 0 Å². The minimum absolute atomic E-state index is 0.00953. The van der Waals surface area contributed by atoms with E-state index >= 15 is 0 Å². The Bertz CT molecular complexity index is 709. The molecule has 6 nitrogen and oxygen atoms in total. The summed E-state index contributed by atoms with van der Waals surface area (Å²) in [5, 5.41) is 11.0. The van der Waals surface area contributed by atoms with Crippen molar-refractivity contribution in [3.05, 3.63) is 55.9 Å². The number of rotatable bonds is 4. The molecule has 0 spiro atoms. The van der Waals surface area contributed by atoms with Gasteiger partial charge in [-0.05, 0) is 34.5 Å². The molecule has 0 atom stereocenters. The van der Waals surface area contributed by atoms with Gasteiger partial charge in [0, 0.05) is 30.4 Å². The molecule has 0 aliphatic carbocycles. The van der Waals surface area contributed by atoms with Crippen LogP contribution in [0.3, 0.4) is 0 Å². The number of halogens is 2. The first kappa shape index (κ1) is 15.3. The summed E-state index contributed by atoms with van der Waals surface area (Å²) in [4.78, 5) is 14.4. The van der Waals surface area contributed by atoms with Gasteiger partial charge in [-0.1, -0.05) is 0 Å². The molecule has 2 rings (SSSR count). The zero-order valence-electron chi connectivity index (χ0n) is 11.0. The lowest BCUT2D eigenvalue weighted by Crippen LogP contribution is -2.01. The van der Waals surface area contributed by atoms with Gasteiger partial charge < -0.3 is 10.5 Å². The predicted molar refractivity (Wildman–Crippen MR) is 77.7 cm³/mol. The van der Waals surface area contributed by atoms with Crippen LogP contribution in [0.2, 0.25) is 0 Å². The summed E-state index contributed by atoms with van der Waals surface area (Å²) in [7, 11) is 0. The molecule has 21 heavy (non-hydrogen) atoms. The predicted octanol–water partition coefficient (Wildman–Crippen LogP) is 3.45. The van der Waals surface area contributed by atoms with E-state index in [2.05, 4.69) is 20.9 Å². The van der Waals surface area contributed by atoms with E-state index in [-0.39, 0.29) is 21.8 Å². The zero-order valence-corrected chi connectivity index (χ0v) is 12.6. The first-order valence-corrected chi connectivity index (χ1v) is 6.68. The molecule has 1 aromatic heterocycles. The first-order chi connectivity index (χ1) is 9.92. The fraction of sp³-hybridized carbons (Fsp3) is 0.154. The second-order valence-electron chi connectivity index (χ2n) is 4.26. The van der Waals surface area contributed by atoms with Gasteiger partial charge in [0.15, 0.2) is 0 Å². The van der Waals surface area contributed by atoms with Gasteiger partial charge in [0.2, 0.25) is 11.6 Å². The lowest BCUT2D eigenvalue weighted by atomic mass is 10.2. The van der Waals surface area contributed by atoms with Crippen molar-refractivity contribution in [1.29, 1.82) is 0 Å². The average Bonchev–Trinajstić information content (AvgIpc) is 2.44. The molecule has 0 radical (unpaired) electrons. The molecule has 1 heterocycles. The molecule has 0 aliphatic heterocycles. The number of benzene rings is 1. The van der Waals surface area contributed by atoms with Gasteiger partial charge in [0.25, 0.3) is 0 Å². The van der Waals surface area contributed by atoms with E-state index in [9.17, 15) is 14.5 Å². The molecular formula is C13H11BrFN3O3. The maximum absolute atomic E-state index is 13.6. The lowest BCUT2D eigenvalue weighted by molar-refractivity contribution is -0.385. The molecule has 110 valence electrons. The number of nitrogens with zero attached hydrogens (tertiary/aromatic N) is 2. The SMILES string of the molecule is Cc1cc(CN)cnc1Oc1cc(F)c(Br)cc1[N+](=O)[O-]. The second kappa shape index (κ2) is 6.15. The van der Waals surface area contributed by atoms with E-state index in [0.717, 1.165) is 17.7 Å². The van der Waals surface area contributed by atoms with Crippen LogP contribution in [0.15, 0.2) is 28.9 Å². The summed E-state index contributed by atoms with van der Waals surface area (Å²) < 4.78 is 18.9. The number of aryl methyl sites for hydroxylation is 1. The molecule has 0 saturated carbocycles. The molecule has 2 N–H and O–H groups in total. The Morgan fingerprint density at radius 3 is 2.76 bits per heavy atom. The molecular weight excluding hydrogens is 345 g/mol. The van der Waals surface area contributed by atoms with Crippen molar-refractivity contribution in [2.24, 2.45) is 5.73 Å². The van der Waals surface area contributed by atoms with E-state index in [1.54, 1.807) is 13.0 Å². The molecule has 1 aromatic carbocycles. The number of aromatic nitrogens is 1. The largest absolute Gasteiger partial charge is 0.431 e. The molecule has 2 aromatic rings. The summed E-state index contributed by atoms with van der Waals surface area (Å²) in [6, 6.07) is 3.75. The fourth-order valence-electron chi connectivity index (χ4n) is 1.69. The molecule has 0 saturated heterocycles. The fourth-order valence-corrected chi connectivity index (χ4v) is 2.02. The number of nitro benzene ring substituents is 1. The van der Waals surface area contributed by atoms with Crippen molar-refractivity contribution in [2.75, 3.05) is 0 Å². The summed E-state index contributed by atoms with van der Waals surface area (Å²) in [6.45, 7) is 2.05. The van der Waals surface area contributed by atoms with Gasteiger partial charge in [0.05, 0.1) is 9.40 Å². The number of hydrogen-bond donors (Lipinski definition) is 1. The van der Waals surface area contributed by atoms with Gasteiger partial charge in [-0.3, -0.25) is 10.1 Å². The van der Waals surface area contributed by atoms with Crippen LogP contribution >= 0.6 is 15.9 Å². The van der Waals surface area contributed by atoms with Crippen LogP contribution < -0.4 is 10.5 Å². The summed E-state index contributed by atoms with van der Waals surface area (Å²) in [5.74, 6) is -0.708.